The van der Waals surface area contributed by atoms with Gasteiger partial charge in [-0.05, 0) is 22.6 Å². The molecule has 0 spiro atoms. The molecule has 0 saturated heterocycles. The zero-order valence-corrected chi connectivity index (χ0v) is 10.8. The number of oxime groups is 1. The Hall–Kier alpha value is -1.84. The van der Waals surface area contributed by atoms with Gasteiger partial charge in [-0.1, -0.05) is 44.1 Å². The van der Waals surface area contributed by atoms with Gasteiger partial charge in [0.1, 0.15) is 0 Å². The molecule has 1 aliphatic heterocycles. The van der Waals surface area contributed by atoms with Crippen LogP contribution < -0.4 is 0 Å². The van der Waals surface area contributed by atoms with Crippen molar-refractivity contribution < 1.29 is 14.7 Å². The molecule has 96 valence electrons. The zero-order valence-electron chi connectivity index (χ0n) is 10.8. The number of aliphatic carboxylic acids is 1. The van der Waals surface area contributed by atoms with Crippen LogP contribution in [0.15, 0.2) is 29.4 Å². The van der Waals surface area contributed by atoms with Crippen molar-refractivity contribution in [2.75, 3.05) is 0 Å². The van der Waals surface area contributed by atoms with Crippen LogP contribution in [0.1, 0.15) is 38.3 Å². The highest BCUT2D eigenvalue weighted by Crippen LogP contribution is 2.25. The number of nitrogens with zero attached hydrogens (tertiary/aromatic N) is 1. The van der Waals surface area contributed by atoms with Crippen LogP contribution in [-0.2, 0) is 15.0 Å². The number of carboxylic acids is 1. The van der Waals surface area contributed by atoms with Crippen LogP contribution in [0.2, 0.25) is 0 Å². The van der Waals surface area contributed by atoms with Crippen LogP contribution in [0.25, 0.3) is 0 Å². The lowest BCUT2D eigenvalue weighted by Crippen LogP contribution is -2.20. The highest BCUT2D eigenvalue weighted by Gasteiger charge is 2.28. The normalized spacial score (nSPS) is 19.3. The number of carboxylic acid groups (broad SMARTS) is 1. The zero-order chi connectivity index (χ0) is 13.3. The molecule has 1 aromatic carbocycles. The molecular weight excluding hydrogens is 230 g/mol. The third-order valence-electron chi connectivity index (χ3n) is 3.01. The lowest BCUT2D eigenvalue weighted by Gasteiger charge is -2.19. The summed E-state index contributed by atoms with van der Waals surface area (Å²) in [5.41, 5.74) is 2.89. The summed E-state index contributed by atoms with van der Waals surface area (Å²) in [5.74, 6) is -0.972. The first-order chi connectivity index (χ1) is 8.38. The van der Waals surface area contributed by atoms with Gasteiger partial charge in [-0.15, -0.1) is 0 Å². The van der Waals surface area contributed by atoms with Crippen LogP contribution in [0, 0.1) is 0 Å². The Morgan fingerprint density at radius 3 is 2.72 bits per heavy atom. The van der Waals surface area contributed by atoms with Gasteiger partial charge < -0.3 is 9.94 Å². The maximum atomic E-state index is 10.8. The highest BCUT2D eigenvalue weighted by molar-refractivity contribution is 6.03. The summed E-state index contributed by atoms with van der Waals surface area (Å²) in [6.45, 7) is 6.41. The van der Waals surface area contributed by atoms with Gasteiger partial charge in [0, 0.05) is 6.42 Å². The molecule has 0 bridgehead atoms. The van der Waals surface area contributed by atoms with E-state index in [9.17, 15) is 4.79 Å². The molecule has 4 heteroatoms. The minimum atomic E-state index is -0.972. The van der Waals surface area contributed by atoms with E-state index in [2.05, 4.69) is 32.0 Å². The molecule has 18 heavy (non-hydrogen) atoms. The Labute approximate surface area is 106 Å². The fourth-order valence-electron chi connectivity index (χ4n) is 1.85. The number of carbonyl (C=O) groups is 1. The second-order valence-electron chi connectivity index (χ2n) is 5.51. The number of hydrogen-bond acceptors (Lipinski definition) is 3. The van der Waals surface area contributed by atoms with E-state index in [0.717, 1.165) is 5.56 Å². The molecular formula is C14H17NO3. The predicted molar refractivity (Wildman–Crippen MR) is 68.8 cm³/mol. The minimum absolute atomic E-state index is 0.0578. The summed E-state index contributed by atoms with van der Waals surface area (Å²) in [6, 6.07) is 8.01. The SMILES string of the molecule is CC(C)(C)c1cccc(C2=NOC(C(=O)O)C2)c1. The smallest absolute Gasteiger partial charge is 0.348 e. The van der Waals surface area contributed by atoms with Crippen molar-refractivity contribution in [1.29, 1.82) is 0 Å². The van der Waals surface area contributed by atoms with Crippen LogP contribution in [0.4, 0.5) is 0 Å². The third-order valence-corrected chi connectivity index (χ3v) is 3.01. The van der Waals surface area contributed by atoms with Crippen LogP contribution >= 0.6 is 0 Å². The Kier molecular flexibility index (Phi) is 3.11. The maximum Gasteiger partial charge on any atom is 0.348 e. The first-order valence-corrected chi connectivity index (χ1v) is 5.94. The van der Waals surface area contributed by atoms with Crippen LogP contribution in [0.5, 0.6) is 0 Å². The summed E-state index contributed by atoms with van der Waals surface area (Å²) >= 11 is 0. The first kappa shape index (κ1) is 12.6. The molecule has 0 amide bonds. The van der Waals surface area contributed by atoms with E-state index in [1.165, 1.54) is 5.56 Å². The van der Waals surface area contributed by atoms with Gasteiger partial charge in [-0.2, -0.15) is 0 Å². The summed E-state index contributed by atoms with van der Waals surface area (Å²) in [7, 11) is 0. The van der Waals surface area contributed by atoms with Crippen LogP contribution in [-0.4, -0.2) is 22.9 Å². The molecule has 0 radical (unpaired) electrons. The van der Waals surface area contributed by atoms with Gasteiger partial charge in [0.05, 0.1) is 5.71 Å². The molecule has 1 N–H and O–H groups in total. The fraction of sp³-hybridized carbons (Fsp3) is 0.429. The van der Waals surface area contributed by atoms with Gasteiger partial charge in [-0.3, -0.25) is 0 Å². The molecule has 0 saturated carbocycles. The van der Waals surface area contributed by atoms with E-state index in [0.29, 0.717) is 12.1 Å². The summed E-state index contributed by atoms with van der Waals surface area (Å²) in [6.07, 6.45) is -0.526. The van der Waals surface area contributed by atoms with Crippen molar-refractivity contribution in [2.24, 2.45) is 5.16 Å². The summed E-state index contributed by atoms with van der Waals surface area (Å²) < 4.78 is 0. The second-order valence-corrected chi connectivity index (χ2v) is 5.51. The van der Waals surface area contributed by atoms with E-state index in [1.807, 2.05) is 18.2 Å². The molecule has 1 unspecified atom stereocenters. The van der Waals surface area contributed by atoms with Gasteiger partial charge >= 0.3 is 5.97 Å². The topological polar surface area (TPSA) is 58.9 Å². The molecule has 4 nitrogen and oxygen atoms in total. The average Bonchev–Trinajstić information content (AvgIpc) is 2.77. The Morgan fingerprint density at radius 1 is 1.44 bits per heavy atom. The minimum Gasteiger partial charge on any atom is -0.478 e. The Balaban J connectivity index is 2.23. The van der Waals surface area contributed by atoms with E-state index in [-0.39, 0.29) is 5.41 Å². The Morgan fingerprint density at radius 2 is 2.17 bits per heavy atom. The quantitative estimate of drug-likeness (QED) is 0.873. The molecule has 1 heterocycles. The summed E-state index contributed by atoms with van der Waals surface area (Å²) in [5, 5.41) is 12.7. The van der Waals surface area contributed by atoms with Crippen LogP contribution in [0.3, 0.4) is 0 Å². The first-order valence-electron chi connectivity index (χ1n) is 5.94. The molecule has 1 aliphatic rings. The highest BCUT2D eigenvalue weighted by atomic mass is 16.7. The molecule has 2 rings (SSSR count). The van der Waals surface area contributed by atoms with Crippen molar-refractivity contribution in [2.45, 2.75) is 38.7 Å². The predicted octanol–water partition coefficient (Wildman–Crippen LogP) is 2.56. The molecule has 0 fully saturated rings. The van der Waals surface area contributed by atoms with Gasteiger partial charge in [-0.25, -0.2) is 4.79 Å². The third kappa shape index (κ3) is 2.53. The van der Waals surface area contributed by atoms with E-state index >= 15 is 0 Å². The number of hydrogen-bond donors (Lipinski definition) is 1. The van der Waals surface area contributed by atoms with Crippen molar-refractivity contribution in [1.82, 2.24) is 0 Å². The standard InChI is InChI=1S/C14H17NO3/c1-14(2,3)10-6-4-5-9(7-10)11-8-12(13(16)17)18-15-11/h4-7,12H,8H2,1-3H3,(H,16,17). The lowest BCUT2D eigenvalue weighted by molar-refractivity contribution is -0.148. The molecule has 1 aromatic rings. The van der Waals surface area contributed by atoms with Gasteiger partial charge in [0.2, 0.25) is 6.10 Å². The van der Waals surface area contributed by atoms with E-state index in [4.69, 9.17) is 9.94 Å². The molecule has 1 atom stereocenters. The summed E-state index contributed by atoms with van der Waals surface area (Å²) in [4.78, 5) is 15.7. The van der Waals surface area contributed by atoms with E-state index in [1.54, 1.807) is 0 Å². The van der Waals surface area contributed by atoms with Crippen molar-refractivity contribution in [3.63, 3.8) is 0 Å². The largest absolute Gasteiger partial charge is 0.478 e. The van der Waals surface area contributed by atoms with Gasteiger partial charge in [0.25, 0.3) is 0 Å². The fourth-order valence-corrected chi connectivity index (χ4v) is 1.85. The lowest BCUT2D eigenvalue weighted by atomic mass is 9.85. The van der Waals surface area contributed by atoms with Crippen molar-refractivity contribution in [3.05, 3.63) is 35.4 Å². The molecule has 0 aromatic heterocycles. The van der Waals surface area contributed by atoms with Crippen molar-refractivity contribution in [3.8, 4) is 0 Å². The molecule has 0 aliphatic carbocycles. The van der Waals surface area contributed by atoms with Gasteiger partial charge in [0.15, 0.2) is 0 Å². The Bertz CT molecular complexity index is 500. The number of benzene rings is 1. The van der Waals surface area contributed by atoms with Crippen molar-refractivity contribution >= 4 is 11.7 Å². The maximum absolute atomic E-state index is 10.8. The second kappa shape index (κ2) is 4.44. The van der Waals surface area contributed by atoms with E-state index < -0.39 is 12.1 Å². The number of rotatable bonds is 2. The monoisotopic (exact) mass is 247 g/mol. The average molecular weight is 247 g/mol.